The average molecular weight is 213 g/mol. The standard InChI is InChI=1S/O.Ru.2Ti/q-2;+3;2*+4. The van der Waals surface area contributed by atoms with Crippen LogP contribution in [0, 0.1) is 0 Å². The molecule has 4 heavy (non-hydrogen) atoms. The molecule has 13 valence electrons. The molecule has 0 spiro atoms. The second-order valence-corrected chi connectivity index (χ2v) is 0. The predicted octanol–water partition coefficient (Wildman–Crippen LogP) is -0.126. The first kappa shape index (κ1) is 37.3. The van der Waals surface area contributed by atoms with Crippen molar-refractivity contribution in [1.82, 2.24) is 0 Å². The third-order valence-electron chi connectivity index (χ3n) is 0. The third-order valence-corrected chi connectivity index (χ3v) is 0. The summed E-state index contributed by atoms with van der Waals surface area (Å²) in [4.78, 5) is 0. The fourth-order valence-corrected chi connectivity index (χ4v) is 0. The van der Waals surface area contributed by atoms with E-state index in [1.165, 1.54) is 0 Å². The van der Waals surface area contributed by atoms with Gasteiger partial charge in [0.15, 0.2) is 0 Å². The largest absolute Gasteiger partial charge is 4.00 e. The van der Waals surface area contributed by atoms with E-state index in [9.17, 15) is 0 Å². The summed E-state index contributed by atoms with van der Waals surface area (Å²) in [7, 11) is 0. The molecule has 0 heterocycles. The van der Waals surface area contributed by atoms with Gasteiger partial charge in [-0.3, -0.25) is 0 Å². The molecule has 0 N–H and O–H groups in total. The van der Waals surface area contributed by atoms with E-state index in [1.54, 1.807) is 0 Å². The van der Waals surface area contributed by atoms with Crippen LogP contribution in [0.5, 0.6) is 0 Å². The molecule has 0 aromatic carbocycles. The Morgan fingerprint density at radius 1 is 0.750 bits per heavy atom. The number of hydrogen-bond donors (Lipinski definition) is 0. The molecule has 0 aliphatic rings. The van der Waals surface area contributed by atoms with Gasteiger partial charge in [-0.1, -0.05) is 0 Å². The fraction of sp³-hybridized carbons (Fsp3) is 0. The van der Waals surface area contributed by atoms with Gasteiger partial charge in [0.25, 0.3) is 0 Å². The van der Waals surface area contributed by atoms with Gasteiger partial charge < -0.3 is 5.48 Å². The molecule has 0 aliphatic carbocycles. The van der Waals surface area contributed by atoms with Gasteiger partial charge in [-0.25, -0.2) is 0 Å². The number of rotatable bonds is 0. The van der Waals surface area contributed by atoms with Crippen LogP contribution in [-0.2, 0) is 68.4 Å². The van der Waals surface area contributed by atoms with Gasteiger partial charge >= 0.3 is 62.9 Å². The summed E-state index contributed by atoms with van der Waals surface area (Å²) in [6, 6.07) is 0. The minimum absolute atomic E-state index is 0. The maximum atomic E-state index is 0. The van der Waals surface area contributed by atoms with Crippen LogP contribution < -0.4 is 0 Å². The van der Waals surface area contributed by atoms with Crippen LogP contribution >= 0.6 is 0 Å². The van der Waals surface area contributed by atoms with Crippen LogP contribution in [0.2, 0.25) is 0 Å². The second kappa shape index (κ2) is 19.9. The Balaban J connectivity index is 0. The third kappa shape index (κ3) is 8.99. The normalized spacial score (nSPS) is 0. The molecule has 0 aliphatic heterocycles. The average Bonchev–Trinajstić information content (AvgIpc) is 0. The van der Waals surface area contributed by atoms with Crippen molar-refractivity contribution in [2.45, 2.75) is 0 Å². The van der Waals surface area contributed by atoms with Gasteiger partial charge in [0.05, 0.1) is 0 Å². The van der Waals surface area contributed by atoms with Gasteiger partial charge in [0, 0.05) is 0 Å². The Hall–Kier alpha value is 2.01. The van der Waals surface area contributed by atoms with Crippen molar-refractivity contribution in [3.8, 4) is 0 Å². The van der Waals surface area contributed by atoms with Crippen molar-refractivity contribution < 1.29 is 68.4 Å². The molecule has 0 aromatic rings. The second-order valence-electron chi connectivity index (χ2n) is 0. The Bertz CT molecular complexity index is 6.00. The fourth-order valence-electron chi connectivity index (χ4n) is 0. The molecule has 0 saturated heterocycles. The van der Waals surface area contributed by atoms with Gasteiger partial charge in [0.1, 0.15) is 0 Å². The molecule has 0 saturated carbocycles. The van der Waals surface area contributed by atoms with Crippen molar-refractivity contribution >= 4 is 0 Å². The summed E-state index contributed by atoms with van der Waals surface area (Å²) in [5.74, 6) is 0. The van der Waals surface area contributed by atoms with Gasteiger partial charge in [-0.2, -0.15) is 0 Å². The van der Waals surface area contributed by atoms with Gasteiger partial charge in [0.2, 0.25) is 0 Å². The van der Waals surface area contributed by atoms with Crippen LogP contribution in [0.1, 0.15) is 0 Å². The monoisotopic (exact) mass is 214 g/mol. The molecule has 0 rings (SSSR count). The molecule has 0 atom stereocenters. The van der Waals surface area contributed by atoms with E-state index < -0.39 is 0 Å². The van der Waals surface area contributed by atoms with Crippen LogP contribution in [0.15, 0.2) is 0 Å². The molecule has 4 heteroatoms. The molecule has 0 amide bonds. The van der Waals surface area contributed by atoms with Crippen molar-refractivity contribution in [3.63, 3.8) is 0 Å². The Labute approximate surface area is 67.7 Å². The summed E-state index contributed by atoms with van der Waals surface area (Å²) >= 11 is 0. The first-order chi connectivity index (χ1) is 0. The summed E-state index contributed by atoms with van der Waals surface area (Å²) < 4.78 is 0. The predicted molar refractivity (Wildman–Crippen MR) is 0.686 cm³/mol. The zero-order valence-corrected chi connectivity index (χ0v) is 6.62. The van der Waals surface area contributed by atoms with Crippen molar-refractivity contribution in [2.75, 3.05) is 0 Å². The first-order valence-electron chi connectivity index (χ1n) is 0. The zero-order valence-electron chi connectivity index (χ0n) is 1.76. The van der Waals surface area contributed by atoms with Crippen molar-refractivity contribution in [2.24, 2.45) is 0 Å². The van der Waals surface area contributed by atoms with Gasteiger partial charge in [-0.15, -0.1) is 0 Å². The van der Waals surface area contributed by atoms with Gasteiger partial charge in [-0.05, 0) is 0 Å². The molecule has 0 bridgehead atoms. The summed E-state index contributed by atoms with van der Waals surface area (Å²) in [6.45, 7) is 0. The van der Waals surface area contributed by atoms with E-state index in [4.69, 9.17) is 0 Å². The minimum atomic E-state index is 0. The topological polar surface area (TPSA) is 28.5 Å². The van der Waals surface area contributed by atoms with E-state index in [0.717, 1.165) is 0 Å². The minimum Gasteiger partial charge on any atom is -2.00 e. The first-order valence-corrected chi connectivity index (χ1v) is 0. The Morgan fingerprint density at radius 3 is 0.750 bits per heavy atom. The van der Waals surface area contributed by atoms with E-state index in [1.807, 2.05) is 0 Å². The van der Waals surface area contributed by atoms with Crippen LogP contribution in [0.3, 0.4) is 0 Å². The van der Waals surface area contributed by atoms with Crippen LogP contribution in [0.4, 0.5) is 0 Å². The van der Waals surface area contributed by atoms with Crippen LogP contribution in [-0.4, -0.2) is 0 Å². The Kier molecular flexibility index (Phi) is 186. The summed E-state index contributed by atoms with van der Waals surface area (Å²) in [6.07, 6.45) is 0. The van der Waals surface area contributed by atoms with E-state index >= 15 is 0 Å². The Morgan fingerprint density at radius 2 is 0.750 bits per heavy atom. The maximum Gasteiger partial charge on any atom is 4.00 e. The smallest absolute Gasteiger partial charge is 2.00 e. The number of hydrogen-bond acceptors (Lipinski definition) is 0. The summed E-state index contributed by atoms with van der Waals surface area (Å²) in [5, 5.41) is 0. The quantitative estimate of drug-likeness (QED) is 0.501. The SMILES string of the molecule is [O-2].[Ru+3].[Ti+4].[Ti+4]. The van der Waals surface area contributed by atoms with Crippen LogP contribution in [0.25, 0.3) is 0 Å². The molecule has 1 nitrogen and oxygen atoms in total. The van der Waals surface area contributed by atoms with E-state index in [0.29, 0.717) is 0 Å². The zero-order chi connectivity index (χ0) is 0. The molecular weight excluding hydrogens is 213 g/mol. The van der Waals surface area contributed by atoms with Crippen molar-refractivity contribution in [1.29, 1.82) is 0 Å². The summed E-state index contributed by atoms with van der Waals surface area (Å²) in [5.41, 5.74) is 0. The maximum absolute atomic E-state index is 0. The van der Waals surface area contributed by atoms with Crippen molar-refractivity contribution in [3.05, 3.63) is 0 Å². The molecule has 1 radical (unpaired) electrons. The van der Waals surface area contributed by atoms with E-state index in [-0.39, 0.29) is 68.4 Å². The molecule has 0 aromatic heterocycles. The molecule has 0 fully saturated rings. The van der Waals surface area contributed by atoms with E-state index in [2.05, 4.69) is 0 Å². The molecule has 0 unspecified atom stereocenters. The molecular formula is ORuTi2+9.